The van der Waals surface area contributed by atoms with Crippen LogP contribution in [0.1, 0.15) is 27.4 Å². The largest absolute Gasteiger partial charge is 0.398 e. The van der Waals surface area contributed by atoms with Gasteiger partial charge in [-0.05, 0) is 54.6 Å². The van der Waals surface area contributed by atoms with Crippen molar-refractivity contribution in [3.63, 3.8) is 0 Å². The number of anilines is 1. The molecule has 0 aliphatic carbocycles. The Kier molecular flexibility index (Phi) is 3.19. The van der Waals surface area contributed by atoms with Gasteiger partial charge in [-0.1, -0.05) is 5.16 Å². The Morgan fingerprint density at radius 2 is 2.12 bits per heavy atom. The van der Waals surface area contributed by atoms with E-state index in [9.17, 15) is 4.79 Å². The van der Waals surface area contributed by atoms with Crippen molar-refractivity contribution < 1.29 is 9.32 Å². The number of nitrogens with two attached hydrogens (primary N) is 1. The zero-order valence-electron chi connectivity index (χ0n) is 9.45. The number of nitrogens with zero attached hydrogens (tertiary/aromatic N) is 1. The summed E-state index contributed by atoms with van der Waals surface area (Å²) in [5.41, 5.74) is 7.87. The van der Waals surface area contributed by atoms with Gasteiger partial charge in [-0.2, -0.15) is 0 Å². The fraction of sp³-hybridized carbons (Fsp3) is 0.167. The first-order valence-corrected chi connectivity index (χ1v) is 6.11. The van der Waals surface area contributed by atoms with Gasteiger partial charge in [0.2, 0.25) is 5.78 Å². The summed E-state index contributed by atoms with van der Waals surface area (Å²) in [6.45, 7) is 3.46. The quantitative estimate of drug-likeness (QED) is 0.518. The Bertz CT molecular complexity index is 571. The van der Waals surface area contributed by atoms with Crippen LogP contribution in [0.15, 0.2) is 22.7 Å². The molecule has 0 radical (unpaired) electrons. The van der Waals surface area contributed by atoms with Crippen LogP contribution in [0, 0.1) is 17.4 Å². The van der Waals surface area contributed by atoms with E-state index in [1.165, 1.54) is 0 Å². The highest BCUT2D eigenvalue weighted by Crippen LogP contribution is 2.23. The number of carbonyl (C=O) groups is 1. The lowest BCUT2D eigenvalue weighted by Gasteiger charge is -2.04. The number of hydrogen-bond acceptors (Lipinski definition) is 4. The number of aryl methyl sites for hydroxylation is 2. The lowest BCUT2D eigenvalue weighted by atomic mass is 10.0. The fourth-order valence-corrected chi connectivity index (χ4v) is 2.16. The van der Waals surface area contributed by atoms with Crippen molar-refractivity contribution in [1.82, 2.24) is 5.16 Å². The molecule has 17 heavy (non-hydrogen) atoms. The van der Waals surface area contributed by atoms with Crippen LogP contribution in [-0.4, -0.2) is 10.9 Å². The molecule has 0 spiro atoms. The summed E-state index contributed by atoms with van der Waals surface area (Å²) in [4.78, 5) is 12.3. The third-order valence-corrected chi connectivity index (χ3v) is 3.19. The highest BCUT2D eigenvalue weighted by Gasteiger charge is 2.20. The topological polar surface area (TPSA) is 69.1 Å². The number of ketones is 1. The monoisotopic (exact) mass is 342 g/mol. The van der Waals surface area contributed by atoms with Gasteiger partial charge in [0.25, 0.3) is 0 Å². The number of halogens is 1. The molecule has 0 unspecified atom stereocenters. The van der Waals surface area contributed by atoms with Crippen molar-refractivity contribution in [3.8, 4) is 0 Å². The minimum Gasteiger partial charge on any atom is -0.398 e. The number of rotatable bonds is 2. The molecule has 2 aromatic rings. The number of benzene rings is 1. The van der Waals surface area contributed by atoms with Gasteiger partial charge in [0.05, 0.1) is 11.3 Å². The van der Waals surface area contributed by atoms with Crippen LogP contribution in [0.4, 0.5) is 5.69 Å². The molecule has 0 fully saturated rings. The van der Waals surface area contributed by atoms with E-state index >= 15 is 0 Å². The van der Waals surface area contributed by atoms with Gasteiger partial charge in [0.15, 0.2) is 0 Å². The van der Waals surface area contributed by atoms with Crippen LogP contribution in [0.25, 0.3) is 0 Å². The van der Waals surface area contributed by atoms with Crippen molar-refractivity contribution in [2.75, 3.05) is 5.73 Å². The van der Waals surface area contributed by atoms with Crippen LogP contribution in [0.5, 0.6) is 0 Å². The lowest BCUT2D eigenvalue weighted by molar-refractivity contribution is 0.103. The standard InChI is InChI=1S/C12H11IN2O2/c1-6-11(7(2)17-15-6)12(16)9-5-8(13)3-4-10(9)14/h3-5H,14H2,1-2H3. The molecule has 1 heterocycles. The summed E-state index contributed by atoms with van der Waals surface area (Å²) in [6, 6.07) is 5.36. The van der Waals surface area contributed by atoms with Crippen molar-refractivity contribution in [3.05, 3.63) is 44.4 Å². The van der Waals surface area contributed by atoms with E-state index in [4.69, 9.17) is 10.3 Å². The van der Waals surface area contributed by atoms with E-state index < -0.39 is 0 Å². The SMILES string of the molecule is Cc1noc(C)c1C(=O)c1cc(I)ccc1N. The maximum Gasteiger partial charge on any atom is 0.200 e. The van der Waals surface area contributed by atoms with Crippen molar-refractivity contribution in [2.24, 2.45) is 0 Å². The molecule has 2 rings (SSSR count). The van der Waals surface area contributed by atoms with Crippen LogP contribution in [0.3, 0.4) is 0 Å². The maximum atomic E-state index is 12.3. The first-order valence-electron chi connectivity index (χ1n) is 5.03. The van der Waals surface area contributed by atoms with Gasteiger partial charge in [0.1, 0.15) is 5.76 Å². The molecule has 0 saturated carbocycles. The zero-order chi connectivity index (χ0) is 12.6. The smallest absolute Gasteiger partial charge is 0.200 e. The van der Waals surface area contributed by atoms with Crippen molar-refractivity contribution >= 4 is 34.1 Å². The first kappa shape index (κ1) is 12.1. The molecule has 0 amide bonds. The van der Waals surface area contributed by atoms with E-state index in [0.717, 1.165) is 3.57 Å². The molecule has 4 nitrogen and oxygen atoms in total. The molecule has 5 heteroatoms. The molecular weight excluding hydrogens is 331 g/mol. The molecule has 0 aliphatic rings. The molecule has 88 valence electrons. The molecule has 0 atom stereocenters. The van der Waals surface area contributed by atoms with Gasteiger partial charge < -0.3 is 10.3 Å². The summed E-state index contributed by atoms with van der Waals surface area (Å²) in [5.74, 6) is 0.378. The van der Waals surface area contributed by atoms with Crippen LogP contribution in [0.2, 0.25) is 0 Å². The highest BCUT2D eigenvalue weighted by atomic mass is 127. The van der Waals surface area contributed by atoms with Gasteiger partial charge >= 0.3 is 0 Å². The Morgan fingerprint density at radius 1 is 1.41 bits per heavy atom. The summed E-state index contributed by atoms with van der Waals surface area (Å²) in [5, 5.41) is 3.78. The third-order valence-electron chi connectivity index (χ3n) is 2.52. The number of hydrogen-bond donors (Lipinski definition) is 1. The second-order valence-corrected chi connectivity index (χ2v) is 5.01. The fourth-order valence-electron chi connectivity index (χ4n) is 1.67. The molecule has 2 N–H and O–H groups in total. The van der Waals surface area contributed by atoms with Crippen molar-refractivity contribution in [1.29, 1.82) is 0 Å². The van der Waals surface area contributed by atoms with E-state index in [2.05, 4.69) is 27.7 Å². The summed E-state index contributed by atoms with van der Waals surface area (Å²) in [7, 11) is 0. The van der Waals surface area contributed by atoms with Crippen LogP contribution < -0.4 is 5.73 Å². The molecule has 1 aromatic carbocycles. The third kappa shape index (κ3) is 2.19. The Labute approximate surface area is 112 Å². The van der Waals surface area contributed by atoms with Gasteiger partial charge in [-0.3, -0.25) is 4.79 Å². The lowest BCUT2D eigenvalue weighted by Crippen LogP contribution is -2.07. The second kappa shape index (κ2) is 4.48. The molecule has 1 aromatic heterocycles. The van der Waals surface area contributed by atoms with Gasteiger partial charge in [-0.15, -0.1) is 0 Å². The molecular formula is C12H11IN2O2. The summed E-state index contributed by atoms with van der Waals surface area (Å²) >= 11 is 2.14. The number of nitrogen functional groups attached to an aromatic ring is 1. The van der Waals surface area contributed by atoms with E-state index in [1.807, 2.05) is 6.07 Å². The minimum atomic E-state index is -0.141. The summed E-state index contributed by atoms with van der Waals surface area (Å²) in [6.07, 6.45) is 0. The Hall–Kier alpha value is -1.37. The van der Waals surface area contributed by atoms with Gasteiger partial charge in [0, 0.05) is 14.8 Å². The van der Waals surface area contributed by atoms with E-state index in [1.54, 1.807) is 26.0 Å². The Morgan fingerprint density at radius 3 is 2.71 bits per heavy atom. The average molecular weight is 342 g/mol. The van der Waals surface area contributed by atoms with Crippen LogP contribution >= 0.6 is 22.6 Å². The van der Waals surface area contributed by atoms with E-state index in [-0.39, 0.29) is 5.78 Å². The van der Waals surface area contributed by atoms with E-state index in [0.29, 0.717) is 28.3 Å². The predicted octanol–water partition coefficient (Wildman–Crippen LogP) is 2.71. The zero-order valence-corrected chi connectivity index (χ0v) is 11.6. The predicted molar refractivity (Wildman–Crippen MR) is 73.0 cm³/mol. The Balaban J connectivity index is 2.55. The maximum absolute atomic E-state index is 12.3. The first-order chi connectivity index (χ1) is 8.00. The molecule has 0 bridgehead atoms. The van der Waals surface area contributed by atoms with Gasteiger partial charge in [-0.25, -0.2) is 0 Å². The molecule has 0 saturated heterocycles. The summed E-state index contributed by atoms with van der Waals surface area (Å²) < 4.78 is 5.96. The minimum absolute atomic E-state index is 0.141. The van der Waals surface area contributed by atoms with Crippen LogP contribution in [-0.2, 0) is 0 Å². The van der Waals surface area contributed by atoms with Crippen molar-refractivity contribution in [2.45, 2.75) is 13.8 Å². The average Bonchev–Trinajstić information content (AvgIpc) is 2.61. The number of aromatic nitrogens is 1. The number of carbonyl (C=O) groups excluding carboxylic acids is 1. The second-order valence-electron chi connectivity index (χ2n) is 3.76. The molecule has 0 aliphatic heterocycles. The highest BCUT2D eigenvalue weighted by molar-refractivity contribution is 14.1. The normalized spacial score (nSPS) is 10.5.